The van der Waals surface area contributed by atoms with Crippen LogP contribution in [-0.4, -0.2) is 44.0 Å². The number of likely N-dealkylation sites (N-methyl/N-ethyl adjacent to an activating group) is 2. The van der Waals surface area contributed by atoms with Gasteiger partial charge in [-0.2, -0.15) is 0 Å². The molecule has 1 aliphatic rings. The number of nitrogen functional groups attached to an aromatic ring is 1. The summed E-state index contributed by atoms with van der Waals surface area (Å²) in [4.78, 5) is 4.40. The molecule has 1 aliphatic heterocycles. The second kappa shape index (κ2) is 5.57. The van der Waals surface area contributed by atoms with Crippen molar-refractivity contribution in [1.82, 2.24) is 4.90 Å². The van der Waals surface area contributed by atoms with Gasteiger partial charge in [-0.05, 0) is 44.6 Å². The predicted octanol–water partition coefficient (Wildman–Crippen LogP) is 1.64. The van der Waals surface area contributed by atoms with Crippen LogP contribution in [0.5, 0.6) is 0 Å². The van der Waals surface area contributed by atoms with Crippen LogP contribution in [-0.2, 0) is 0 Å². The third-order valence-corrected chi connectivity index (χ3v) is 3.82. The van der Waals surface area contributed by atoms with E-state index in [0.29, 0.717) is 11.6 Å². The van der Waals surface area contributed by atoms with E-state index in [0.717, 1.165) is 18.8 Å². The third kappa shape index (κ3) is 3.04. The van der Waals surface area contributed by atoms with Gasteiger partial charge in [-0.25, -0.2) is 4.39 Å². The Kier molecular flexibility index (Phi) is 4.04. The Labute approximate surface area is 113 Å². The van der Waals surface area contributed by atoms with E-state index in [1.165, 1.54) is 25.0 Å². The molecule has 0 amide bonds. The number of nitrogens with zero attached hydrogens (tertiary/aromatic N) is 2. The number of hydrogen-bond acceptors (Lipinski definition) is 3. The fourth-order valence-electron chi connectivity index (χ4n) is 2.68. The Morgan fingerprint density at radius 3 is 2.89 bits per heavy atom. The first-order valence-corrected chi connectivity index (χ1v) is 6.54. The van der Waals surface area contributed by atoms with E-state index < -0.39 is 0 Å². The lowest BCUT2D eigenvalue weighted by Gasteiger charge is -2.28. The van der Waals surface area contributed by atoms with Crippen LogP contribution in [0.2, 0.25) is 0 Å². The average molecular weight is 264 g/mol. The first-order valence-electron chi connectivity index (χ1n) is 6.54. The van der Waals surface area contributed by atoms with Crippen molar-refractivity contribution in [3.05, 3.63) is 29.6 Å². The first-order chi connectivity index (χ1) is 8.99. The van der Waals surface area contributed by atoms with Crippen LogP contribution in [0.25, 0.3) is 0 Å². The zero-order chi connectivity index (χ0) is 14.0. The van der Waals surface area contributed by atoms with Crippen molar-refractivity contribution >= 4 is 11.5 Å². The molecule has 19 heavy (non-hydrogen) atoms. The smallest absolute Gasteiger partial charge is 0.125 e. The standard InChI is InChI=1S/C14H21FN4/c1-18-7-3-4-11(18)9-19(2)13-6-5-10(15)8-12(13)14(16)17/h5-6,8,11H,3-4,7,9H2,1-2H3,(H3,16,17). The number of hydrogen-bond donors (Lipinski definition) is 2. The van der Waals surface area contributed by atoms with Crippen LogP contribution < -0.4 is 10.6 Å². The van der Waals surface area contributed by atoms with Gasteiger partial charge in [-0.3, -0.25) is 5.41 Å². The van der Waals surface area contributed by atoms with E-state index in [2.05, 4.69) is 16.8 Å². The van der Waals surface area contributed by atoms with Crippen molar-refractivity contribution in [2.24, 2.45) is 5.73 Å². The van der Waals surface area contributed by atoms with Gasteiger partial charge >= 0.3 is 0 Å². The second-order valence-electron chi connectivity index (χ2n) is 5.23. The summed E-state index contributed by atoms with van der Waals surface area (Å²) in [6, 6.07) is 4.94. The van der Waals surface area contributed by atoms with Gasteiger partial charge in [0.15, 0.2) is 0 Å². The van der Waals surface area contributed by atoms with Gasteiger partial charge in [-0.1, -0.05) is 0 Å². The summed E-state index contributed by atoms with van der Waals surface area (Å²) in [5, 5.41) is 7.56. The summed E-state index contributed by atoms with van der Waals surface area (Å²) in [6.45, 7) is 1.99. The highest BCUT2D eigenvalue weighted by Crippen LogP contribution is 2.23. The van der Waals surface area contributed by atoms with Gasteiger partial charge in [0.2, 0.25) is 0 Å². The maximum atomic E-state index is 13.3. The SMILES string of the molecule is CN(CC1CCCN1C)c1ccc(F)cc1C(=N)N. The lowest BCUT2D eigenvalue weighted by atomic mass is 10.1. The predicted molar refractivity (Wildman–Crippen MR) is 76.3 cm³/mol. The number of anilines is 1. The van der Waals surface area contributed by atoms with Gasteiger partial charge in [0.25, 0.3) is 0 Å². The number of nitrogens with two attached hydrogens (primary N) is 1. The molecule has 1 saturated heterocycles. The largest absolute Gasteiger partial charge is 0.384 e. The molecule has 1 aromatic rings. The van der Waals surface area contributed by atoms with Crippen molar-refractivity contribution < 1.29 is 4.39 Å². The summed E-state index contributed by atoms with van der Waals surface area (Å²) in [7, 11) is 4.09. The van der Waals surface area contributed by atoms with Crippen LogP contribution in [0.4, 0.5) is 10.1 Å². The van der Waals surface area contributed by atoms with E-state index in [1.54, 1.807) is 6.07 Å². The molecule has 0 radical (unpaired) electrons. The number of likely N-dealkylation sites (tertiary alicyclic amines) is 1. The van der Waals surface area contributed by atoms with E-state index in [9.17, 15) is 4.39 Å². The van der Waals surface area contributed by atoms with Crippen molar-refractivity contribution in [2.75, 3.05) is 32.1 Å². The Bertz CT molecular complexity index is 475. The quantitative estimate of drug-likeness (QED) is 0.642. The van der Waals surface area contributed by atoms with E-state index >= 15 is 0 Å². The van der Waals surface area contributed by atoms with Crippen LogP contribution >= 0.6 is 0 Å². The highest BCUT2D eigenvalue weighted by atomic mass is 19.1. The highest BCUT2D eigenvalue weighted by Gasteiger charge is 2.23. The molecule has 2 rings (SSSR count). The maximum Gasteiger partial charge on any atom is 0.125 e. The number of amidine groups is 1. The van der Waals surface area contributed by atoms with Gasteiger partial charge in [0, 0.05) is 30.9 Å². The fourth-order valence-corrected chi connectivity index (χ4v) is 2.68. The molecule has 104 valence electrons. The molecule has 5 heteroatoms. The van der Waals surface area contributed by atoms with Crippen molar-refractivity contribution in [3.8, 4) is 0 Å². The average Bonchev–Trinajstić information content (AvgIpc) is 2.74. The topological polar surface area (TPSA) is 56.4 Å². The summed E-state index contributed by atoms with van der Waals surface area (Å²) < 4.78 is 13.3. The van der Waals surface area contributed by atoms with Crippen LogP contribution in [0.1, 0.15) is 18.4 Å². The Morgan fingerprint density at radius 2 is 2.32 bits per heavy atom. The fraction of sp³-hybridized carbons (Fsp3) is 0.500. The summed E-state index contributed by atoms with van der Waals surface area (Å²) in [5.41, 5.74) is 6.81. The maximum absolute atomic E-state index is 13.3. The third-order valence-electron chi connectivity index (χ3n) is 3.82. The molecule has 3 N–H and O–H groups in total. The Hall–Kier alpha value is -1.62. The Morgan fingerprint density at radius 1 is 1.58 bits per heavy atom. The number of rotatable bonds is 4. The molecule has 1 aromatic carbocycles. The van der Waals surface area contributed by atoms with Gasteiger partial charge in [0.05, 0.1) is 0 Å². The van der Waals surface area contributed by atoms with E-state index in [4.69, 9.17) is 11.1 Å². The van der Waals surface area contributed by atoms with Crippen molar-refractivity contribution in [3.63, 3.8) is 0 Å². The zero-order valence-corrected chi connectivity index (χ0v) is 11.5. The number of nitrogens with one attached hydrogen (secondary N) is 1. The minimum atomic E-state index is -0.361. The zero-order valence-electron chi connectivity index (χ0n) is 11.5. The molecule has 1 heterocycles. The van der Waals surface area contributed by atoms with Crippen LogP contribution in [0.15, 0.2) is 18.2 Å². The van der Waals surface area contributed by atoms with E-state index in [1.807, 2.05) is 7.05 Å². The van der Waals surface area contributed by atoms with Crippen molar-refractivity contribution in [1.29, 1.82) is 5.41 Å². The first kappa shape index (κ1) is 13.8. The number of benzene rings is 1. The molecule has 1 fully saturated rings. The molecule has 0 spiro atoms. The van der Waals surface area contributed by atoms with Crippen LogP contribution in [0.3, 0.4) is 0 Å². The molecule has 0 saturated carbocycles. The van der Waals surface area contributed by atoms with Crippen molar-refractivity contribution in [2.45, 2.75) is 18.9 Å². The van der Waals surface area contributed by atoms with Gasteiger partial charge < -0.3 is 15.5 Å². The second-order valence-corrected chi connectivity index (χ2v) is 5.23. The Balaban J connectivity index is 2.18. The minimum absolute atomic E-state index is 0.0962. The summed E-state index contributed by atoms with van der Waals surface area (Å²) >= 11 is 0. The molecular formula is C14H21FN4. The molecule has 1 atom stereocenters. The highest BCUT2D eigenvalue weighted by molar-refractivity contribution is 6.00. The normalized spacial score (nSPS) is 19.6. The lowest BCUT2D eigenvalue weighted by molar-refractivity contribution is 0.314. The minimum Gasteiger partial charge on any atom is -0.384 e. The summed E-state index contributed by atoms with van der Waals surface area (Å²) in [6.07, 6.45) is 2.40. The molecule has 4 nitrogen and oxygen atoms in total. The molecule has 0 aromatic heterocycles. The van der Waals surface area contributed by atoms with Crippen LogP contribution in [0, 0.1) is 11.2 Å². The summed E-state index contributed by atoms with van der Waals surface area (Å²) in [5.74, 6) is -0.457. The monoisotopic (exact) mass is 264 g/mol. The molecule has 0 bridgehead atoms. The number of halogens is 1. The van der Waals surface area contributed by atoms with Gasteiger partial charge in [0.1, 0.15) is 11.7 Å². The van der Waals surface area contributed by atoms with E-state index in [-0.39, 0.29) is 11.7 Å². The molecule has 1 unspecified atom stereocenters. The lowest BCUT2D eigenvalue weighted by Crippen LogP contribution is -2.37. The molecular weight excluding hydrogens is 243 g/mol. The van der Waals surface area contributed by atoms with Gasteiger partial charge in [-0.15, -0.1) is 0 Å². The molecule has 0 aliphatic carbocycles.